The summed E-state index contributed by atoms with van der Waals surface area (Å²) in [7, 11) is 0. The largest absolute Gasteiger partial charge is 0.399 e. The summed E-state index contributed by atoms with van der Waals surface area (Å²) in [4.78, 5) is 0. The lowest BCUT2D eigenvalue weighted by Crippen LogP contribution is -1.95. The zero-order valence-corrected chi connectivity index (χ0v) is 9.72. The van der Waals surface area contributed by atoms with Crippen LogP contribution < -0.4 is 5.73 Å². The molecule has 0 radical (unpaired) electrons. The summed E-state index contributed by atoms with van der Waals surface area (Å²) in [6.07, 6.45) is 4.77. The van der Waals surface area contributed by atoms with E-state index in [2.05, 4.69) is 18.1 Å². The van der Waals surface area contributed by atoms with E-state index < -0.39 is 0 Å². The lowest BCUT2D eigenvalue weighted by molar-refractivity contribution is 0.603. The second-order valence-electron chi connectivity index (χ2n) is 3.91. The van der Waals surface area contributed by atoms with E-state index in [0.29, 0.717) is 11.3 Å². The summed E-state index contributed by atoms with van der Waals surface area (Å²) in [5.74, 6) is 0. The van der Waals surface area contributed by atoms with Crippen molar-refractivity contribution in [2.45, 2.75) is 19.9 Å². The van der Waals surface area contributed by atoms with Crippen LogP contribution >= 0.6 is 0 Å². The van der Waals surface area contributed by atoms with Crippen molar-refractivity contribution in [3.63, 3.8) is 0 Å². The molecule has 0 atom stereocenters. The Morgan fingerprint density at radius 3 is 3.00 bits per heavy atom. The van der Waals surface area contributed by atoms with Gasteiger partial charge in [-0.1, -0.05) is 13.0 Å². The maximum Gasteiger partial charge on any atom is 0.0998 e. The van der Waals surface area contributed by atoms with Gasteiger partial charge in [0, 0.05) is 29.6 Å². The van der Waals surface area contributed by atoms with Crippen LogP contribution in [0.15, 0.2) is 30.6 Å². The smallest absolute Gasteiger partial charge is 0.0998 e. The summed E-state index contributed by atoms with van der Waals surface area (Å²) in [6, 6.07) is 7.51. The van der Waals surface area contributed by atoms with E-state index in [-0.39, 0.29) is 0 Å². The Kier molecular flexibility index (Phi) is 3.10. The van der Waals surface area contributed by atoms with Crippen LogP contribution in [0.5, 0.6) is 0 Å². The SMILES string of the molecule is CCCn1cc(-c2ccc(N)cc2C#N)cn1. The molecule has 1 aromatic heterocycles. The molecule has 0 fully saturated rings. The number of nitrogens with zero attached hydrogens (tertiary/aromatic N) is 3. The van der Waals surface area contributed by atoms with Crippen LogP contribution in [0.2, 0.25) is 0 Å². The first-order chi connectivity index (χ1) is 8.24. The number of nitrogen functional groups attached to an aromatic ring is 1. The molecule has 0 saturated heterocycles. The summed E-state index contributed by atoms with van der Waals surface area (Å²) >= 11 is 0. The standard InChI is InChI=1S/C13H14N4/c1-2-5-17-9-11(8-16-17)13-4-3-12(15)6-10(13)7-14/h3-4,6,8-9H,2,5,15H2,1H3. The molecule has 2 rings (SSSR count). The minimum atomic E-state index is 0.584. The van der Waals surface area contributed by atoms with Crippen molar-refractivity contribution in [1.82, 2.24) is 9.78 Å². The van der Waals surface area contributed by atoms with E-state index in [9.17, 15) is 0 Å². The Balaban J connectivity index is 2.42. The van der Waals surface area contributed by atoms with Gasteiger partial charge in [-0.2, -0.15) is 10.4 Å². The van der Waals surface area contributed by atoms with Gasteiger partial charge < -0.3 is 5.73 Å². The zero-order chi connectivity index (χ0) is 12.3. The highest BCUT2D eigenvalue weighted by Gasteiger charge is 2.07. The minimum Gasteiger partial charge on any atom is -0.399 e. The number of anilines is 1. The molecule has 2 aromatic rings. The molecule has 0 aliphatic heterocycles. The fourth-order valence-electron chi connectivity index (χ4n) is 1.76. The van der Waals surface area contributed by atoms with Gasteiger partial charge in [0.2, 0.25) is 0 Å². The maximum absolute atomic E-state index is 9.08. The van der Waals surface area contributed by atoms with Crippen LogP contribution in [0.3, 0.4) is 0 Å². The summed E-state index contributed by atoms with van der Waals surface area (Å²) < 4.78 is 1.88. The summed E-state index contributed by atoms with van der Waals surface area (Å²) in [5, 5.41) is 13.3. The van der Waals surface area contributed by atoms with Gasteiger partial charge in [-0.25, -0.2) is 0 Å². The van der Waals surface area contributed by atoms with Gasteiger partial charge in [0.1, 0.15) is 0 Å². The molecule has 0 spiro atoms. The zero-order valence-electron chi connectivity index (χ0n) is 9.72. The topological polar surface area (TPSA) is 67.6 Å². The van der Waals surface area contributed by atoms with Gasteiger partial charge in [0.15, 0.2) is 0 Å². The van der Waals surface area contributed by atoms with Gasteiger partial charge >= 0.3 is 0 Å². The average Bonchev–Trinajstić information content (AvgIpc) is 2.78. The van der Waals surface area contributed by atoms with Crippen LogP contribution in [0.25, 0.3) is 11.1 Å². The van der Waals surface area contributed by atoms with Crippen LogP contribution in [-0.2, 0) is 6.54 Å². The van der Waals surface area contributed by atoms with E-state index >= 15 is 0 Å². The van der Waals surface area contributed by atoms with Crippen LogP contribution in [0.4, 0.5) is 5.69 Å². The molecule has 86 valence electrons. The molecule has 4 heteroatoms. The second kappa shape index (κ2) is 4.71. The van der Waals surface area contributed by atoms with E-state index in [1.54, 1.807) is 18.3 Å². The third-order valence-corrected chi connectivity index (χ3v) is 2.56. The lowest BCUT2D eigenvalue weighted by Gasteiger charge is -2.02. The highest BCUT2D eigenvalue weighted by atomic mass is 15.3. The van der Waals surface area contributed by atoms with Crippen LogP contribution in [-0.4, -0.2) is 9.78 Å². The lowest BCUT2D eigenvalue weighted by atomic mass is 10.0. The summed E-state index contributed by atoms with van der Waals surface area (Å²) in [6.45, 7) is 2.99. The first kappa shape index (κ1) is 11.2. The van der Waals surface area contributed by atoms with Crippen LogP contribution in [0.1, 0.15) is 18.9 Å². The molecule has 0 saturated carbocycles. The van der Waals surface area contributed by atoms with Crippen LogP contribution in [0, 0.1) is 11.3 Å². The van der Waals surface area contributed by atoms with Crippen molar-refractivity contribution in [3.05, 3.63) is 36.2 Å². The van der Waals surface area contributed by atoms with E-state index in [0.717, 1.165) is 24.1 Å². The first-order valence-corrected chi connectivity index (χ1v) is 5.57. The molecule has 4 nitrogen and oxygen atoms in total. The number of nitrogens with two attached hydrogens (primary N) is 1. The fourth-order valence-corrected chi connectivity index (χ4v) is 1.76. The Labute approximate surface area is 100 Å². The number of rotatable bonds is 3. The van der Waals surface area contributed by atoms with Gasteiger partial charge in [-0.3, -0.25) is 4.68 Å². The average molecular weight is 226 g/mol. The van der Waals surface area contributed by atoms with Gasteiger partial charge in [0.05, 0.1) is 17.8 Å². The first-order valence-electron chi connectivity index (χ1n) is 5.57. The number of benzene rings is 1. The second-order valence-corrected chi connectivity index (χ2v) is 3.91. The molecule has 0 aliphatic carbocycles. The maximum atomic E-state index is 9.08. The van der Waals surface area contributed by atoms with Crippen molar-refractivity contribution >= 4 is 5.69 Å². The molecule has 0 aliphatic rings. The number of hydrogen-bond donors (Lipinski definition) is 1. The third kappa shape index (κ3) is 2.28. The normalized spacial score (nSPS) is 10.1. The number of nitriles is 1. The summed E-state index contributed by atoms with van der Waals surface area (Å²) in [5.41, 5.74) is 8.68. The molecule has 0 unspecified atom stereocenters. The molecular formula is C13H14N4. The fraction of sp³-hybridized carbons (Fsp3) is 0.231. The molecule has 1 heterocycles. The van der Waals surface area contributed by atoms with Crippen molar-refractivity contribution in [3.8, 4) is 17.2 Å². The predicted octanol–water partition coefficient (Wildman–Crippen LogP) is 2.41. The molecular weight excluding hydrogens is 212 g/mol. The predicted molar refractivity (Wildman–Crippen MR) is 67.1 cm³/mol. The number of hydrogen-bond acceptors (Lipinski definition) is 3. The van der Waals surface area contributed by atoms with Crippen molar-refractivity contribution in [1.29, 1.82) is 5.26 Å². The highest BCUT2D eigenvalue weighted by molar-refractivity contribution is 5.71. The third-order valence-electron chi connectivity index (χ3n) is 2.56. The van der Waals surface area contributed by atoms with Crippen molar-refractivity contribution in [2.75, 3.05) is 5.73 Å². The minimum absolute atomic E-state index is 0.584. The van der Waals surface area contributed by atoms with E-state index in [1.807, 2.05) is 16.9 Å². The highest BCUT2D eigenvalue weighted by Crippen LogP contribution is 2.24. The van der Waals surface area contributed by atoms with Crippen molar-refractivity contribution in [2.24, 2.45) is 0 Å². The Morgan fingerprint density at radius 1 is 1.47 bits per heavy atom. The molecule has 17 heavy (non-hydrogen) atoms. The van der Waals surface area contributed by atoms with Gasteiger partial charge in [-0.15, -0.1) is 0 Å². The quantitative estimate of drug-likeness (QED) is 0.817. The molecule has 1 aromatic carbocycles. The number of aryl methyl sites for hydroxylation is 1. The number of aromatic nitrogens is 2. The van der Waals surface area contributed by atoms with E-state index in [4.69, 9.17) is 11.0 Å². The molecule has 0 amide bonds. The van der Waals surface area contributed by atoms with E-state index in [1.165, 1.54) is 0 Å². The van der Waals surface area contributed by atoms with Gasteiger partial charge in [0.25, 0.3) is 0 Å². The Morgan fingerprint density at radius 2 is 2.29 bits per heavy atom. The molecule has 2 N–H and O–H groups in total. The van der Waals surface area contributed by atoms with Crippen molar-refractivity contribution < 1.29 is 0 Å². The monoisotopic (exact) mass is 226 g/mol. The Bertz CT molecular complexity index is 563. The molecule has 0 bridgehead atoms. The van der Waals surface area contributed by atoms with Gasteiger partial charge in [-0.05, 0) is 18.6 Å². The Hall–Kier alpha value is -2.28.